The first-order valence-electron chi connectivity index (χ1n) is 16.6. The summed E-state index contributed by atoms with van der Waals surface area (Å²) in [6.45, 7) is 11.2. The van der Waals surface area contributed by atoms with Gasteiger partial charge in [-0.1, -0.05) is 38.0 Å². The summed E-state index contributed by atoms with van der Waals surface area (Å²) >= 11 is 1.49. The monoisotopic (exact) mass is 657 g/mol. The van der Waals surface area contributed by atoms with E-state index >= 15 is 0 Å². The molecule has 2 N–H and O–H groups in total. The van der Waals surface area contributed by atoms with Crippen LogP contribution in [0.15, 0.2) is 48.6 Å². The first-order chi connectivity index (χ1) is 22.4. The van der Waals surface area contributed by atoms with Crippen LogP contribution in [0.4, 0.5) is 4.79 Å². The molecule has 0 radical (unpaired) electrons. The number of benzene rings is 2. The number of rotatable bonds is 8. The highest BCUT2D eigenvalue weighted by molar-refractivity contribution is 7.95. The fourth-order valence-corrected chi connectivity index (χ4v) is 7.39. The molecule has 0 bridgehead atoms. The zero-order valence-corrected chi connectivity index (χ0v) is 29.3. The number of aromatic nitrogens is 1. The lowest BCUT2D eigenvalue weighted by atomic mass is 9.81. The largest absolute Gasteiger partial charge is 0.497 e. The van der Waals surface area contributed by atoms with Crippen molar-refractivity contribution in [1.82, 2.24) is 23.8 Å². The number of hydrogen-bond donors (Lipinski definition) is 2. The van der Waals surface area contributed by atoms with Gasteiger partial charge in [0.25, 0.3) is 5.91 Å². The molecular weight excluding hydrogens is 611 g/mol. The molecule has 0 spiro atoms. The van der Waals surface area contributed by atoms with Gasteiger partial charge in [0, 0.05) is 53.0 Å². The van der Waals surface area contributed by atoms with Crippen molar-refractivity contribution in [2.24, 2.45) is 0 Å². The fourth-order valence-electron chi connectivity index (χ4n) is 6.98. The molecule has 250 valence electrons. The van der Waals surface area contributed by atoms with Crippen LogP contribution in [0.2, 0.25) is 0 Å². The predicted molar refractivity (Wildman–Crippen MR) is 191 cm³/mol. The number of likely N-dealkylation sites (tertiary alicyclic amines) is 1. The van der Waals surface area contributed by atoms with Gasteiger partial charge in [0.15, 0.2) is 0 Å². The number of ether oxygens (including phenoxy) is 2. The highest BCUT2D eigenvalue weighted by Gasteiger charge is 2.36. The van der Waals surface area contributed by atoms with E-state index in [0.29, 0.717) is 31.1 Å². The van der Waals surface area contributed by atoms with Crippen LogP contribution in [0.5, 0.6) is 5.75 Å². The zero-order chi connectivity index (χ0) is 33.5. The van der Waals surface area contributed by atoms with Crippen molar-refractivity contribution in [3.63, 3.8) is 0 Å². The molecular formula is C37H47N5O4S. The molecule has 0 unspecified atom stereocenters. The molecule has 3 aromatic rings. The molecule has 1 aliphatic carbocycles. The van der Waals surface area contributed by atoms with Crippen molar-refractivity contribution < 1.29 is 19.1 Å². The van der Waals surface area contributed by atoms with Crippen molar-refractivity contribution >= 4 is 46.8 Å². The molecule has 1 saturated heterocycles. The molecule has 2 aliphatic heterocycles. The number of alkyl carbamates (subject to hydrolysis) is 1. The van der Waals surface area contributed by atoms with E-state index in [9.17, 15) is 9.59 Å². The van der Waals surface area contributed by atoms with E-state index in [1.807, 2.05) is 62.3 Å². The minimum Gasteiger partial charge on any atom is -0.497 e. The van der Waals surface area contributed by atoms with Gasteiger partial charge in [-0.3, -0.25) is 4.79 Å². The number of carbonyl (C=O) groups is 2. The maximum absolute atomic E-state index is 14.2. The lowest BCUT2D eigenvalue weighted by Crippen LogP contribution is -2.61. The van der Waals surface area contributed by atoms with E-state index in [1.54, 1.807) is 7.11 Å². The van der Waals surface area contributed by atoms with Crippen molar-refractivity contribution in [3.05, 3.63) is 65.2 Å². The molecule has 47 heavy (non-hydrogen) atoms. The molecule has 3 heterocycles. The topological polar surface area (TPSA) is 88.1 Å². The van der Waals surface area contributed by atoms with Crippen LogP contribution in [0.25, 0.3) is 33.9 Å². The number of amides is 2. The van der Waals surface area contributed by atoms with Crippen LogP contribution in [0, 0.1) is 0 Å². The van der Waals surface area contributed by atoms with Gasteiger partial charge >= 0.3 is 6.09 Å². The third-order valence-electron chi connectivity index (χ3n) is 9.15. The fraction of sp³-hybridized carbons (Fsp3) is 0.459. The summed E-state index contributed by atoms with van der Waals surface area (Å²) in [4.78, 5) is 28.3. The van der Waals surface area contributed by atoms with Crippen LogP contribution in [-0.2, 0) is 16.1 Å². The number of methoxy groups -OCH3 is 1. The summed E-state index contributed by atoms with van der Waals surface area (Å²) in [6, 6.07) is 12.7. The second-order valence-electron chi connectivity index (χ2n) is 14.1. The van der Waals surface area contributed by atoms with Gasteiger partial charge < -0.3 is 29.0 Å². The summed E-state index contributed by atoms with van der Waals surface area (Å²) in [5, 5.41) is 4.14. The molecule has 2 fully saturated rings. The Morgan fingerprint density at radius 3 is 2.47 bits per heavy atom. The van der Waals surface area contributed by atoms with Crippen LogP contribution < -0.4 is 14.8 Å². The van der Waals surface area contributed by atoms with E-state index < -0.39 is 11.7 Å². The van der Waals surface area contributed by atoms with Crippen molar-refractivity contribution in [1.29, 1.82) is 0 Å². The van der Waals surface area contributed by atoms with E-state index in [0.717, 1.165) is 46.5 Å². The van der Waals surface area contributed by atoms with Crippen LogP contribution >= 0.6 is 12.1 Å². The average molecular weight is 658 g/mol. The van der Waals surface area contributed by atoms with Crippen LogP contribution in [0.1, 0.15) is 75.5 Å². The van der Waals surface area contributed by atoms with Crippen molar-refractivity contribution in [3.8, 4) is 17.0 Å². The second-order valence-corrected chi connectivity index (χ2v) is 15.2. The van der Waals surface area contributed by atoms with Crippen molar-refractivity contribution in [2.45, 2.75) is 77.0 Å². The third-order valence-corrected chi connectivity index (χ3v) is 9.86. The molecule has 10 heteroatoms. The summed E-state index contributed by atoms with van der Waals surface area (Å²) in [5.41, 5.74) is 7.72. The molecule has 2 aromatic carbocycles. The predicted octanol–water partition coefficient (Wildman–Crippen LogP) is 7.18. The Morgan fingerprint density at radius 1 is 1.04 bits per heavy atom. The molecule has 1 saturated carbocycles. The van der Waals surface area contributed by atoms with E-state index in [1.165, 1.54) is 48.0 Å². The van der Waals surface area contributed by atoms with Gasteiger partial charge in [-0.05, 0) is 101 Å². The van der Waals surface area contributed by atoms with Gasteiger partial charge in [0.05, 0.1) is 25.4 Å². The summed E-state index contributed by atoms with van der Waals surface area (Å²) in [7, 11) is 5.65. The Morgan fingerprint density at radius 2 is 1.79 bits per heavy atom. The lowest BCUT2D eigenvalue weighted by Gasteiger charge is -2.40. The van der Waals surface area contributed by atoms with Crippen LogP contribution in [-0.4, -0.2) is 71.7 Å². The quantitative estimate of drug-likeness (QED) is 0.248. The number of carbonyl (C=O) groups excluding carboxylic acids is 2. The van der Waals surface area contributed by atoms with Gasteiger partial charge in [-0.15, -0.1) is 0 Å². The molecule has 6 rings (SSSR count). The second kappa shape index (κ2) is 13.3. The maximum atomic E-state index is 14.2. The standard InChI is InChI=1S/C37H47N5O4S/c1-23(39-47-40(5)6)25-13-15-31-32(19-25)42-20-27(35(43)41-21-28(22-41)38-36(44)46-37(2,3)4)17-26-18-29(45-7)14-16-30(26)34(42)33(31)24-11-9-8-10-12-24/h13-19,24,28,39H,1,8-12,20-22H2,2-7H3,(H,38,44). The summed E-state index contributed by atoms with van der Waals surface area (Å²) < 4.78 is 18.8. The number of nitrogens with zero attached hydrogens (tertiary/aromatic N) is 3. The number of fused-ring (bicyclic) bond motifs is 5. The Bertz CT molecular complexity index is 1720. The molecule has 3 aliphatic rings. The maximum Gasteiger partial charge on any atom is 0.407 e. The SMILES string of the molecule is C=C(NSN(C)C)c1ccc2c(C3CCCCC3)c3n(c2c1)CC(C(=O)N1CC(NC(=O)OC(C)(C)C)C1)=Cc1cc(OC)ccc1-3. The average Bonchev–Trinajstić information content (AvgIpc) is 3.22. The Kier molecular flexibility index (Phi) is 9.36. The minimum atomic E-state index is -0.579. The highest BCUT2D eigenvalue weighted by Crippen LogP contribution is 2.47. The Labute approximate surface area is 282 Å². The van der Waals surface area contributed by atoms with E-state index in [4.69, 9.17) is 9.47 Å². The normalized spacial score (nSPS) is 16.9. The molecule has 0 atom stereocenters. The first kappa shape index (κ1) is 33.0. The summed E-state index contributed by atoms with van der Waals surface area (Å²) in [5.74, 6) is 1.17. The molecule has 1 aromatic heterocycles. The Balaban J connectivity index is 1.40. The van der Waals surface area contributed by atoms with Gasteiger partial charge in [-0.25, -0.2) is 9.10 Å². The summed E-state index contributed by atoms with van der Waals surface area (Å²) in [6.07, 6.45) is 7.62. The van der Waals surface area contributed by atoms with E-state index in [-0.39, 0.29) is 11.9 Å². The Hall–Kier alpha value is -3.89. The minimum absolute atomic E-state index is 0.0282. The first-order valence-corrected chi connectivity index (χ1v) is 17.3. The smallest absolute Gasteiger partial charge is 0.407 e. The van der Waals surface area contributed by atoms with Gasteiger partial charge in [-0.2, -0.15) is 0 Å². The molecule has 9 nitrogen and oxygen atoms in total. The van der Waals surface area contributed by atoms with Gasteiger partial charge in [0.2, 0.25) is 0 Å². The zero-order valence-electron chi connectivity index (χ0n) is 28.4. The lowest BCUT2D eigenvalue weighted by molar-refractivity contribution is -0.132. The van der Waals surface area contributed by atoms with Gasteiger partial charge in [0.1, 0.15) is 11.4 Å². The van der Waals surface area contributed by atoms with Crippen LogP contribution in [0.3, 0.4) is 0 Å². The third kappa shape index (κ3) is 7.04. The van der Waals surface area contributed by atoms with Crippen molar-refractivity contribution in [2.75, 3.05) is 34.3 Å². The number of hydrogen-bond acceptors (Lipinski definition) is 7. The highest BCUT2D eigenvalue weighted by atomic mass is 32.2. The van der Waals surface area contributed by atoms with E-state index in [2.05, 4.69) is 45.5 Å². The number of nitrogens with one attached hydrogen (secondary N) is 2. The molecule has 2 amide bonds.